The number of hydroxylamine groups is 1. The maximum absolute atomic E-state index is 13.0. The number of fused-ring (bicyclic) bond motifs is 1. The minimum atomic E-state index is -0.605. The van der Waals surface area contributed by atoms with E-state index in [9.17, 15) is 9.59 Å². The van der Waals surface area contributed by atoms with Crippen LogP contribution >= 0.6 is 0 Å². The zero-order valence-corrected chi connectivity index (χ0v) is 20.0. The standard InChI is InChI=1S/C27H29N3O4/c1-16(18-7-6-8-19(13-18)25(31)29-33)28-26(32)22-15-24-21(30(22)5)14-23(34-24)17-9-11-20(12-10-17)27(2,3)4/h6-16,33H,1-5H3,(H,28,32)(H,29,31). The number of rotatable bonds is 5. The molecule has 4 aromatic rings. The van der Waals surface area contributed by atoms with Crippen molar-refractivity contribution in [1.29, 1.82) is 0 Å². The third kappa shape index (κ3) is 4.47. The molecule has 2 heterocycles. The number of carbonyl (C=O) groups excluding carboxylic acids is 2. The number of benzene rings is 2. The average Bonchev–Trinajstić information content (AvgIpc) is 3.37. The molecule has 0 bridgehead atoms. The van der Waals surface area contributed by atoms with Gasteiger partial charge in [-0.2, -0.15) is 0 Å². The first-order valence-electron chi connectivity index (χ1n) is 11.1. The monoisotopic (exact) mass is 459 g/mol. The van der Waals surface area contributed by atoms with Gasteiger partial charge in [0.05, 0.1) is 11.6 Å². The highest BCUT2D eigenvalue weighted by molar-refractivity contribution is 5.98. The molecule has 0 saturated heterocycles. The number of nitrogens with zero attached hydrogens (tertiary/aromatic N) is 1. The van der Waals surface area contributed by atoms with Crippen molar-refractivity contribution in [2.24, 2.45) is 7.05 Å². The lowest BCUT2D eigenvalue weighted by atomic mass is 9.86. The number of carbonyl (C=O) groups is 2. The third-order valence-corrected chi connectivity index (χ3v) is 6.10. The van der Waals surface area contributed by atoms with Crippen LogP contribution in [0.1, 0.15) is 65.7 Å². The summed E-state index contributed by atoms with van der Waals surface area (Å²) in [6, 6.07) is 18.4. The lowest BCUT2D eigenvalue weighted by molar-refractivity contribution is 0.0706. The Morgan fingerprint density at radius 3 is 2.32 bits per heavy atom. The topological polar surface area (TPSA) is 96.5 Å². The SMILES string of the molecule is CC(NC(=O)c1cc2oc(-c3ccc(C(C)(C)C)cc3)cc2n1C)c1cccc(C(=O)NO)c1. The lowest BCUT2D eigenvalue weighted by Gasteiger charge is -2.18. The van der Waals surface area contributed by atoms with Crippen molar-refractivity contribution in [1.82, 2.24) is 15.4 Å². The van der Waals surface area contributed by atoms with Gasteiger partial charge >= 0.3 is 0 Å². The zero-order valence-electron chi connectivity index (χ0n) is 20.0. The van der Waals surface area contributed by atoms with Gasteiger partial charge in [-0.05, 0) is 35.6 Å². The molecule has 2 aromatic heterocycles. The Balaban J connectivity index is 1.54. The summed E-state index contributed by atoms with van der Waals surface area (Å²) in [4.78, 5) is 24.7. The van der Waals surface area contributed by atoms with E-state index in [0.29, 0.717) is 16.8 Å². The van der Waals surface area contributed by atoms with Gasteiger partial charge in [0.15, 0.2) is 5.58 Å². The number of aryl methyl sites for hydroxylation is 1. The Hall–Kier alpha value is -3.84. The molecule has 0 aliphatic heterocycles. The van der Waals surface area contributed by atoms with Gasteiger partial charge in [0.2, 0.25) is 0 Å². The maximum atomic E-state index is 13.0. The van der Waals surface area contributed by atoms with Gasteiger partial charge < -0.3 is 14.3 Å². The number of aromatic nitrogens is 1. The van der Waals surface area contributed by atoms with Crippen LogP contribution in [0.25, 0.3) is 22.4 Å². The zero-order chi connectivity index (χ0) is 24.6. The van der Waals surface area contributed by atoms with E-state index in [2.05, 4.69) is 50.4 Å². The number of amides is 2. The molecule has 0 spiro atoms. The fourth-order valence-electron chi connectivity index (χ4n) is 3.97. The van der Waals surface area contributed by atoms with Gasteiger partial charge in [-0.25, -0.2) is 5.48 Å². The van der Waals surface area contributed by atoms with Crippen LogP contribution in [-0.4, -0.2) is 21.6 Å². The summed E-state index contributed by atoms with van der Waals surface area (Å²) in [6.07, 6.45) is 0. The average molecular weight is 460 g/mol. The number of hydrogen-bond acceptors (Lipinski definition) is 4. The van der Waals surface area contributed by atoms with Gasteiger partial charge in [0, 0.05) is 30.3 Å². The van der Waals surface area contributed by atoms with Crippen LogP contribution in [0.4, 0.5) is 0 Å². The van der Waals surface area contributed by atoms with Crippen molar-refractivity contribution >= 4 is 22.9 Å². The van der Waals surface area contributed by atoms with Gasteiger partial charge in [0.25, 0.3) is 11.8 Å². The second-order valence-corrected chi connectivity index (χ2v) is 9.54. The van der Waals surface area contributed by atoms with Crippen LogP contribution in [0.2, 0.25) is 0 Å². The van der Waals surface area contributed by atoms with Crippen molar-refractivity contribution in [3.05, 3.63) is 83.0 Å². The Morgan fingerprint density at radius 1 is 1.00 bits per heavy atom. The molecular formula is C27H29N3O4. The minimum absolute atomic E-state index is 0.0817. The maximum Gasteiger partial charge on any atom is 0.274 e. The van der Waals surface area contributed by atoms with Crippen LogP contribution in [-0.2, 0) is 12.5 Å². The highest BCUT2D eigenvalue weighted by Crippen LogP contribution is 2.31. The molecule has 2 amide bonds. The molecule has 0 fully saturated rings. The highest BCUT2D eigenvalue weighted by Gasteiger charge is 2.20. The second-order valence-electron chi connectivity index (χ2n) is 9.54. The molecular weight excluding hydrogens is 430 g/mol. The largest absolute Gasteiger partial charge is 0.454 e. The van der Waals surface area contributed by atoms with Gasteiger partial charge in [-0.1, -0.05) is 57.2 Å². The Kier molecular flexibility index (Phi) is 6.06. The molecule has 0 aliphatic rings. The molecule has 0 aliphatic carbocycles. The first-order chi connectivity index (χ1) is 16.1. The van der Waals surface area contributed by atoms with E-state index in [0.717, 1.165) is 22.4 Å². The molecule has 2 aromatic carbocycles. The van der Waals surface area contributed by atoms with Crippen LogP contribution in [0.5, 0.6) is 0 Å². The lowest BCUT2D eigenvalue weighted by Crippen LogP contribution is -2.28. The van der Waals surface area contributed by atoms with E-state index < -0.39 is 5.91 Å². The smallest absolute Gasteiger partial charge is 0.274 e. The van der Waals surface area contributed by atoms with E-state index in [4.69, 9.17) is 9.62 Å². The number of hydrogen-bond donors (Lipinski definition) is 3. The Labute approximate surface area is 198 Å². The molecule has 1 atom stereocenters. The second kappa shape index (κ2) is 8.83. The van der Waals surface area contributed by atoms with E-state index in [-0.39, 0.29) is 17.4 Å². The minimum Gasteiger partial charge on any atom is -0.454 e. The van der Waals surface area contributed by atoms with Crippen molar-refractivity contribution < 1.29 is 19.2 Å². The summed E-state index contributed by atoms with van der Waals surface area (Å²) >= 11 is 0. The van der Waals surface area contributed by atoms with E-state index >= 15 is 0 Å². The Bertz CT molecular complexity index is 1360. The van der Waals surface area contributed by atoms with Crippen LogP contribution in [0.3, 0.4) is 0 Å². The van der Waals surface area contributed by atoms with Crippen molar-refractivity contribution in [2.45, 2.75) is 39.2 Å². The number of nitrogens with one attached hydrogen (secondary N) is 2. The normalized spacial score (nSPS) is 12.5. The van der Waals surface area contributed by atoms with E-state index in [1.54, 1.807) is 29.7 Å². The number of furan rings is 1. The van der Waals surface area contributed by atoms with Crippen LogP contribution < -0.4 is 10.8 Å². The highest BCUT2D eigenvalue weighted by atomic mass is 16.5. The first-order valence-corrected chi connectivity index (χ1v) is 11.1. The first kappa shape index (κ1) is 23.3. The van der Waals surface area contributed by atoms with E-state index in [1.165, 1.54) is 5.56 Å². The molecule has 0 saturated carbocycles. The molecule has 0 radical (unpaired) electrons. The van der Waals surface area contributed by atoms with Gasteiger partial charge in [-0.3, -0.25) is 14.8 Å². The predicted octanol–water partition coefficient (Wildman–Crippen LogP) is 5.35. The molecule has 7 heteroatoms. The van der Waals surface area contributed by atoms with Crippen LogP contribution in [0.15, 0.2) is 65.1 Å². The summed E-state index contributed by atoms with van der Waals surface area (Å²) in [5, 5.41) is 11.8. The third-order valence-electron chi connectivity index (χ3n) is 6.10. The fraction of sp³-hybridized carbons (Fsp3) is 0.259. The van der Waals surface area contributed by atoms with E-state index in [1.807, 2.05) is 30.7 Å². The van der Waals surface area contributed by atoms with Crippen molar-refractivity contribution in [3.63, 3.8) is 0 Å². The molecule has 4 rings (SSSR count). The molecule has 1 unspecified atom stereocenters. The summed E-state index contributed by atoms with van der Waals surface area (Å²) in [7, 11) is 1.83. The molecule has 176 valence electrons. The van der Waals surface area contributed by atoms with Crippen LogP contribution in [0, 0.1) is 0 Å². The quantitative estimate of drug-likeness (QED) is 0.277. The fourth-order valence-corrected chi connectivity index (χ4v) is 3.97. The summed E-state index contributed by atoms with van der Waals surface area (Å²) in [5.74, 6) is -0.109. The van der Waals surface area contributed by atoms with Gasteiger partial charge in [0.1, 0.15) is 11.5 Å². The van der Waals surface area contributed by atoms with Gasteiger partial charge in [-0.15, -0.1) is 0 Å². The Morgan fingerprint density at radius 2 is 1.71 bits per heavy atom. The summed E-state index contributed by atoms with van der Waals surface area (Å²) < 4.78 is 7.88. The van der Waals surface area contributed by atoms with Crippen molar-refractivity contribution in [2.75, 3.05) is 0 Å². The summed E-state index contributed by atoms with van der Waals surface area (Å²) in [5.41, 5.74) is 6.92. The summed E-state index contributed by atoms with van der Waals surface area (Å²) in [6.45, 7) is 8.37. The molecule has 34 heavy (non-hydrogen) atoms. The molecule has 3 N–H and O–H groups in total. The molecule has 7 nitrogen and oxygen atoms in total. The van der Waals surface area contributed by atoms with Crippen molar-refractivity contribution in [3.8, 4) is 11.3 Å². The predicted molar refractivity (Wildman–Crippen MR) is 131 cm³/mol.